The highest BCUT2D eigenvalue weighted by Gasteiger charge is 2.18. The van der Waals surface area contributed by atoms with Crippen LogP contribution in [-0.2, 0) is 11.8 Å². The topological polar surface area (TPSA) is 12.9 Å². The summed E-state index contributed by atoms with van der Waals surface area (Å²) in [6.45, 7) is 11.0. The van der Waals surface area contributed by atoms with Gasteiger partial charge in [-0.1, -0.05) is 52.0 Å². The third-order valence-electron chi connectivity index (χ3n) is 3.44. The third-order valence-corrected chi connectivity index (χ3v) is 3.44. The molecule has 0 unspecified atom stereocenters. The van der Waals surface area contributed by atoms with Crippen molar-refractivity contribution in [1.82, 2.24) is 4.98 Å². The lowest BCUT2D eigenvalue weighted by atomic mass is 9.88. The number of aryl methyl sites for hydroxylation is 2. The third kappa shape index (κ3) is 3.04. The van der Waals surface area contributed by atoms with Crippen LogP contribution in [0.25, 0.3) is 11.3 Å². The van der Waals surface area contributed by atoms with Crippen LogP contribution < -0.4 is 0 Å². The number of hydrogen-bond donors (Lipinski definition) is 0. The van der Waals surface area contributed by atoms with Crippen LogP contribution in [0, 0.1) is 6.92 Å². The molecular weight excluding hydrogens is 230 g/mol. The average Bonchev–Trinajstić information content (AvgIpc) is 2.38. The molecule has 1 nitrogen and oxygen atoms in total. The largest absolute Gasteiger partial charge is 0.252 e. The van der Waals surface area contributed by atoms with Crippen LogP contribution >= 0.6 is 0 Å². The van der Waals surface area contributed by atoms with Gasteiger partial charge in [-0.05, 0) is 36.6 Å². The van der Waals surface area contributed by atoms with Crippen molar-refractivity contribution >= 4 is 0 Å². The van der Waals surface area contributed by atoms with Gasteiger partial charge >= 0.3 is 0 Å². The molecule has 0 spiro atoms. The molecule has 0 amide bonds. The van der Waals surface area contributed by atoms with Crippen molar-refractivity contribution in [3.05, 3.63) is 53.2 Å². The van der Waals surface area contributed by atoms with Gasteiger partial charge in [0, 0.05) is 16.7 Å². The molecule has 1 heterocycles. The normalized spacial score (nSPS) is 11.6. The van der Waals surface area contributed by atoms with Crippen LogP contribution in [0.1, 0.15) is 44.5 Å². The van der Waals surface area contributed by atoms with Crippen LogP contribution in [-0.4, -0.2) is 4.98 Å². The summed E-state index contributed by atoms with van der Waals surface area (Å²) < 4.78 is 0. The maximum atomic E-state index is 4.89. The molecule has 0 bridgehead atoms. The van der Waals surface area contributed by atoms with E-state index in [0.29, 0.717) is 0 Å². The maximum absolute atomic E-state index is 4.89. The summed E-state index contributed by atoms with van der Waals surface area (Å²) in [4.78, 5) is 4.89. The lowest BCUT2D eigenvalue weighted by Crippen LogP contribution is -2.15. The molecule has 2 aromatic rings. The first-order chi connectivity index (χ1) is 8.91. The van der Waals surface area contributed by atoms with Crippen LogP contribution in [0.15, 0.2) is 36.4 Å². The highest BCUT2D eigenvalue weighted by molar-refractivity contribution is 5.61. The quantitative estimate of drug-likeness (QED) is 0.740. The molecule has 1 aromatic heterocycles. The van der Waals surface area contributed by atoms with Gasteiger partial charge < -0.3 is 0 Å². The van der Waals surface area contributed by atoms with Crippen LogP contribution in [0.4, 0.5) is 0 Å². The standard InChI is InChI=1S/C18H23N/c1-6-14-8-7-9-15(12-14)16-11-10-13(2)17(19-16)18(3,4)5/h7-12H,6H2,1-5H3. The van der Waals surface area contributed by atoms with E-state index in [1.165, 1.54) is 22.4 Å². The number of pyridine rings is 1. The minimum absolute atomic E-state index is 0.0858. The first-order valence-electron chi connectivity index (χ1n) is 6.99. The molecule has 100 valence electrons. The molecule has 0 saturated heterocycles. The van der Waals surface area contributed by atoms with Gasteiger partial charge in [0.2, 0.25) is 0 Å². The van der Waals surface area contributed by atoms with Gasteiger partial charge in [0.1, 0.15) is 0 Å². The molecule has 0 atom stereocenters. The maximum Gasteiger partial charge on any atom is 0.0705 e. The molecule has 0 fully saturated rings. The summed E-state index contributed by atoms with van der Waals surface area (Å²) in [5.74, 6) is 0. The summed E-state index contributed by atoms with van der Waals surface area (Å²) >= 11 is 0. The van der Waals surface area contributed by atoms with Crippen molar-refractivity contribution in [2.45, 2.75) is 46.5 Å². The summed E-state index contributed by atoms with van der Waals surface area (Å²) in [6.07, 6.45) is 1.06. The van der Waals surface area contributed by atoms with E-state index in [-0.39, 0.29) is 5.41 Å². The molecule has 0 aliphatic carbocycles. The first kappa shape index (κ1) is 13.8. The number of nitrogens with zero attached hydrogens (tertiary/aromatic N) is 1. The van der Waals surface area contributed by atoms with E-state index in [1.807, 2.05) is 0 Å². The number of benzene rings is 1. The van der Waals surface area contributed by atoms with Crippen LogP contribution in [0.5, 0.6) is 0 Å². The zero-order valence-corrected chi connectivity index (χ0v) is 12.6. The Morgan fingerprint density at radius 2 is 1.79 bits per heavy atom. The van der Waals surface area contributed by atoms with E-state index < -0.39 is 0 Å². The Labute approximate surface area is 116 Å². The van der Waals surface area contributed by atoms with E-state index in [9.17, 15) is 0 Å². The fraction of sp³-hybridized carbons (Fsp3) is 0.389. The minimum atomic E-state index is 0.0858. The molecule has 0 radical (unpaired) electrons. The van der Waals surface area contributed by atoms with Crippen molar-refractivity contribution < 1.29 is 0 Å². The van der Waals surface area contributed by atoms with Gasteiger partial charge in [0.05, 0.1) is 5.69 Å². The predicted octanol–water partition coefficient (Wildman–Crippen LogP) is 4.92. The summed E-state index contributed by atoms with van der Waals surface area (Å²) in [5, 5.41) is 0. The first-order valence-corrected chi connectivity index (χ1v) is 6.99. The fourth-order valence-corrected chi connectivity index (χ4v) is 2.40. The van der Waals surface area contributed by atoms with Gasteiger partial charge in [-0.15, -0.1) is 0 Å². The average molecular weight is 253 g/mol. The molecular formula is C18H23N. The van der Waals surface area contributed by atoms with E-state index in [2.05, 4.69) is 71.0 Å². The second-order valence-electron chi connectivity index (χ2n) is 6.17. The van der Waals surface area contributed by atoms with Gasteiger partial charge in [-0.3, -0.25) is 4.98 Å². The van der Waals surface area contributed by atoms with Crippen molar-refractivity contribution in [3.8, 4) is 11.3 Å². The van der Waals surface area contributed by atoms with Gasteiger partial charge in [0.15, 0.2) is 0 Å². The number of hydrogen-bond acceptors (Lipinski definition) is 1. The van der Waals surface area contributed by atoms with Crippen molar-refractivity contribution in [2.75, 3.05) is 0 Å². The lowest BCUT2D eigenvalue weighted by Gasteiger charge is -2.21. The van der Waals surface area contributed by atoms with E-state index in [4.69, 9.17) is 4.98 Å². The summed E-state index contributed by atoms with van der Waals surface area (Å²) in [6, 6.07) is 13.0. The van der Waals surface area contributed by atoms with Crippen molar-refractivity contribution in [2.24, 2.45) is 0 Å². The van der Waals surface area contributed by atoms with Crippen LogP contribution in [0.3, 0.4) is 0 Å². The predicted molar refractivity (Wildman–Crippen MR) is 82.5 cm³/mol. The zero-order valence-electron chi connectivity index (χ0n) is 12.6. The Bertz CT molecular complexity index is 576. The van der Waals surface area contributed by atoms with Crippen LogP contribution in [0.2, 0.25) is 0 Å². The van der Waals surface area contributed by atoms with E-state index in [0.717, 1.165) is 12.1 Å². The van der Waals surface area contributed by atoms with Crippen molar-refractivity contribution in [3.63, 3.8) is 0 Å². The monoisotopic (exact) mass is 253 g/mol. The molecule has 0 N–H and O–H groups in total. The summed E-state index contributed by atoms with van der Waals surface area (Å²) in [7, 11) is 0. The Hall–Kier alpha value is -1.63. The van der Waals surface area contributed by atoms with Gasteiger partial charge in [-0.2, -0.15) is 0 Å². The summed E-state index contributed by atoms with van der Waals surface area (Å²) in [5.41, 5.74) is 6.19. The Kier molecular flexibility index (Phi) is 3.75. The molecule has 0 saturated carbocycles. The second-order valence-corrected chi connectivity index (χ2v) is 6.17. The molecule has 0 aliphatic rings. The Morgan fingerprint density at radius 3 is 2.42 bits per heavy atom. The van der Waals surface area contributed by atoms with Gasteiger partial charge in [-0.25, -0.2) is 0 Å². The van der Waals surface area contributed by atoms with Crippen molar-refractivity contribution in [1.29, 1.82) is 0 Å². The Balaban J connectivity index is 2.51. The fourth-order valence-electron chi connectivity index (χ4n) is 2.40. The highest BCUT2D eigenvalue weighted by Crippen LogP contribution is 2.27. The van der Waals surface area contributed by atoms with E-state index >= 15 is 0 Å². The Morgan fingerprint density at radius 1 is 1.05 bits per heavy atom. The molecule has 2 rings (SSSR count). The molecule has 1 heteroatoms. The molecule has 19 heavy (non-hydrogen) atoms. The molecule has 0 aliphatic heterocycles. The zero-order chi connectivity index (χ0) is 14.0. The minimum Gasteiger partial charge on any atom is -0.252 e. The number of aromatic nitrogens is 1. The van der Waals surface area contributed by atoms with Gasteiger partial charge in [0.25, 0.3) is 0 Å². The van der Waals surface area contributed by atoms with E-state index in [1.54, 1.807) is 0 Å². The lowest BCUT2D eigenvalue weighted by molar-refractivity contribution is 0.565. The highest BCUT2D eigenvalue weighted by atomic mass is 14.7. The smallest absolute Gasteiger partial charge is 0.0705 e. The number of rotatable bonds is 2. The second kappa shape index (κ2) is 5.16. The SMILES string of the molecule is CCc1cccc(-c2ccc(C)c(C(C)(C)C)n2)c1. The molecule has 1 aromatic carbocycles.